The molecule has 5 rings (SSSR count). The van der Waals surface area contributed by atoms with Crippen molar-refractivity contribution in [3.8, 4) is 6.07 Å². The highest BCUT2D eigenvalue weighted by Gasteiger charge is 2.39. The minimum Gasteiger partial charge on any atom is -0.337 e. The lowest BCUT2D eigenvalue weighted by Crippen LogP contribution is -2.46. The molecular formula is C28H29F2N7O3S. The first kappa shape index (κ1) is 28.4. The third-order valence-electron chi connectivity index (χ3n) is 7.59. The molecule has 0 atom stereocenters. The van der Waals surface area contributed by atoms with Crippen molar-refractivity contribution in [3.05, 3.63) is 82.3 Å². The van der Waals surface area contributed by atoms with E-state index >= 15 is 0 Å². The monoisotopic (exact) mass is 581 g/mol. The third kappa shape index (κ3) is 5.21. The number of nitriles is 1. The van der Waals surface area contributed by atoms with Crippen LogP contribution in [0.1, 0.15) is 24.8 Å². The molecule has 0 aliphatic carbocycles. The number of nitrogens with one attached hydrogen (secondary N) is 2. The molecule has 2 aromatic carbocycles. The van der Waals surface area contributed by atoms with E-state index in [4.69, 9.17) is 5.10 Å². The van der Waals surface area contributed by atoms with Crippen LogP contribution >= 0.6 is 0 Å². The number of aromatic nitrogens is 3. The van der Waals surface area contributed by atoms with Gasteiger partial charge in [-0.25, -0.2) is 21.5 Å². The number of benzene rings is 2. The van der Waals surface area contributed by atoms with Gasteiger partial charge in [0.1, 0.15) is 21.9 Å². The van der Waals surface area contributed by atoms with Gasteiger partial charge in [0.15, 0.2) is 5.82 Å². The van der Waals surface area contributed by atoms with Crippen molar-refractivity contribution in [1.82, 2.24) is 24.0 Å². The second-order valence-corrected chi connectivity index (χ2v) is 12.4. The maximum absolute atomic E-state index is 14.3. The number of hydrogen-bond donors (Lipinski definition) is 2. The Labute approximate surface area is 235 Å². The van der Waals surface area contributed by atoms with Crippen molar-refractivity contribution in [2.45, 2.75) is 36.2 Å². The van der Waals surface area contributed by atoms with Crippen molar-refractivity contribution >= 4 is 32.4 Å². The molecule has 1 aliphatic rings. The molecule has 41 heavy (non-hydrogen) atoms. The van der Waals surface area contributed by atoms with Crippen LogP contribution in [-0.2, 0) is 22.1 Å². The normalized spacial score (nSPS) is 15.7. The minimum atomic E-state index is -3.82. The molecule has 1 aliphatic heterocycles. The number of fused-ring (bicyclic) bond motifs is 1. The quantitative estimate of drug-likeness (QED) is 0.323. The Hall–Kier alpha value is -4.12. The average molecular weight is 582 g/mol. The number of sulfonamides is 1. The maximum Gasteiger partial charge on any atom is 0.261 e. The fourth-order valence-corrected chi connectivity index (χ4v) is 6.33. The average Bonchev–Trinajstić information content (AvgIpc) is 3.32. The zero-order valence-electron chi connectivity index (χ0n) is 22.6. The van der Waals surface area contributed by atoms with Crippen molar-refractivity contribution in [2.24, 2.45) is 0 Å². The third-order valence-corrected chi connectivity index (χ3v) is 9.46. The van der Waals surface area contributed by atoms with E-state index in [1.807, 2.05) is 4.90 Å². The summed E-state index contributed by atoms with van der Waals surface area (Å²) in [4.78, 5) is 17.6. The molecule has 0 radical (unpaired) electrons. The first-order valence-corrected chi connectivity index (χ1v) is 14.4. The summed E-state index contributed by atoms with van der Waals surface area (Å²) in [6, 6.07) is 14.1. The predicted octanol–water partition coefficient (Wildman–Crippen LogP) is 3.90. The number of pyridine rings is 1. The molecule has 3 heterocycles. The van der Waals surface area contributed by atoms with Crippen LogP contribution in [-0.4, -0.2) is 59.6 Å². The second-order valence-electron chi connectivity index (χ2n) is 10.3. The van der Waals surface area contributed by atoms with Gasteiger partial charge in [0.05, 0.1) is 29.2 Å². The first-order valence-electron chi connectivity index (χ1n) is 13.0. The number of aromatic amines is 1. The number of likely N-dealkylation sites (tertiary alicyclic amines) is 1. The Morgan fingerprint density at radius 2 is 1.78 bits per heavy atom. The summed E-state index contributed by atoms with van der Waals surface area (Å²) >= 11 is 0. The fraction of sp³-hybridized carbons (Fsp3) is 0.321. The van der Waals surface area contributed by atoms with Gasteiger partial charge in [-0.05, 0) is 43.2 Å². The fourth-order valence-electron chi connectivity index (χ4n) is 5.29. The van der Waals surface area contributed by atoms with E-state index in [-0.39, 0.29) is 40.3 Å². The molecule has 2 N–H and O–H groups in total. The lowest BCUT2D eigenvalue weighted by molar-refractivity contribution is 0.0998. The van der Waals surface area contributed by atoms with E-state index < -0.39 is 32.8 Å². The Bertz CT molecular complexity index is 1780. The van der Waals surface area contributed by atoms with Crippen molar-refractivity contribution in [2.75, 3.05) is 32.5 Å². The molecule has 0 unspecified atom stereocenters. The summed E-state index contributed by atoms with van der Waals surface area (Å²) in [6.07, 6.45) is 2.45. The van der Waals surface area contributed by atoms with Gasteiger partial charge in [0.25, 0.3) is 5.56 Å². The number of rotatable bonds is 8. The van der Waals surface area contributed by atoms with Gasteiger partial charge >= 0.3 is 0 Å². The minimum absolute atomic E-state index is 0.00539. The Balaban J connectivity index is 1.53. The van der Waals surface area contributed by atoms with E-state index in [0.717, 1.165) is 4.31 Å². The smallest absolute Gasteiger partial charge is 0.261 e. The predicted molar refractivity (Wildman–Crippen MR) is 150 cm³/mol. The maximum atomic E-state index is 14.3. The topological polar surface area (TPSA) is 127 Å². The molecule has 1 fully saturated rings. The SMILES string of the molecule is CN(C)S(=O)(=O)c1ccccc1Nc1nn(C2(CC#N)CCN(Cc3c(F)cccc3F)CC2)c2cc[nH]c(=O)c12. The van der Waals surface area contributed by atoms with Crippen LogP contribution in [0.15, 0.2) is 64.4 Å². The molecule has 2 aromatic heterocycles. The lowest BCUT2D eigenvalue weighted by atomic mass is 9.84. The van der Waals surface area contributed by atoms with E-state index in [1.54, 1.807) is 28.9 Å². The molecular weight excluding hydrogens is 552 g/mol. The Morgan fingerprint density at radius 1 is 1.10 bits per heavy atom. The van der Waals surface area contributed by atoms with Crippen LogP contribution in [0.3, 0.4) is 0 Å². The summed E-state index contributed by atoms with van der Waals surface area (Å²) in [5.41, 5.74) is -0.515. The van der Waals surface area contributed by atoms with Gasteiger partial charge in [0.2, 0.25) is 10.0 Å². The molecule has 0 bridgehead atoms. The summed E-state index contributed by atoms with van der Waals surface area (Å²) in [5.74, 6) is -1.07. The number of nitrogens with zero attached hydrogens (tertiary/aromatic N) is 5. The molecule has 13 heteroatoms. The zero-order chi connectivity index (χ0) is 29.4. The Kier molecular flexibility index (Phi) is 7.65. The standard InChI is InChI=1S/C28H29F2N7O3S/c1-35(2)41(39,40)24-9-4-3-8-22(24)33-26-25-23(10-15-32-27(25)38)37(34-26)28(11-14-31)12-16-36(17-13-28)18-19-20(29)6-5-7-21(19)30/h3-10,15H,11-13,16-18H2,1-2H3,(H,32,38)(H,33,34). The molecule has 0 saturated carbocycles. The van der Waals surface area contributed by atoms with Gasteiger partial charge in [0, 0.05) is 45.5 Å². The summed E-state index contributed by atoms with van der Waals surface area (Å²) in [6.45, 7) is 0.962. The van der Waals surface area contributed by atoms with Crippen LogP contribution in [0.5, 0.6) is 0 Å². The molecule has 214 valence electrons. The number of piperidine rings is 1. The van der Waals surface area contributed by atoms with E-state index in [2.05, 4.69) is 16.4 Å². The molecule has 10 nitrogen and oxygen atoms in total. The number of hydrogen-bond acceptors (Lipinski definition) is 7. The van der Waals surface area contributed by atoms with E-state index in [9.17, 15) is 27.3 Å². The summed E-state index contributed by atoms with van der Waals surface area (Å²) in [5, 5.41) is 17.8. The lowest BCUT2D eigenvalue weighted by Gasteiger charge is -2.41. The van der Waals surface area contributed by atoms with Gasteiger partial charge in [-0.3, -0.25) is 14.4 Å². The molecule has 1 saturated heterocycles. The molecule has 4 aromatic rings. The molecule has 0 spiro atoms. The van der Waals surface area contributed by atoms with Crippen LogP contribution in [0.4, 0.5) is 20.3 Å². The first-order chi connectivity index (χ1) is 19.6. The van der Waals surface area contributed by atoms with Gasteiger partial charge < -0.3 is 10.3 Å². The van der Waals surface area contributed by atoms with Gasteiger partial charge in [-0.15, -0.1) is 0 Å². The largest absolute Gasteiger partial charge is 0.337 e. The summed E-state index contributed by atoms with van der Waals surface area (Å²) in [7, 11) is -0.955. The van der Waals surface area contributed by atoms with E-state index in [1.165, 1.54) is 44.6 Å². The Morgan fingerprint density at radius 3 is 2.44 bits per heavy atom. The highest BCUT2D eigenvalue weighted by atomic mass is 32.2. The van der Waals surface area contributed by atoms with Crippen molar-refractivity contribution in [3.63, 3.8) is 0 Å². The van der Waals surface area contributed by atoms with Crippen molar-refractivity contribution < 1.29 is 17.2 Å². The van der Waals surface area contributed by atoms with Crippen LogP contribution in [0.2, 0.25) is 0 Å². The number of halogens is 2. The molecule has 0 amide bonds. The van der Waals surface area contributed by atoms with Gasteiger partial charge in [-0.2, -0.15) is 10.4 Å². The van der Waals surface area contributed by atoms with Crippen LogP contribution in [0.25, 0.3) is 10.9 Å². The van der Waals surface area contributed by atoms with Crippen LogP contribution < -0.4 is 10.9 Å². The highest BCUT2D eigenvalue weighted by Crippen LogP contribution is 2.38. The highest BCUT2D eigenvalue weighted by molar-refractivity contribution is 7.89. The zero-order valence-corrected chi connectivity index (χ0v) is 23.4. The van der Waals surface area contributed by atoms with Crippen LogP contribution in [0, 0.1) is 23.0 Å². The summed E-state index contributed by atoms with van der Waals surface area (Å²) < 4.78 is 57.3. The van der Waals surface area contributed by atoms with Gasteiger partial charge in [-0.1, -0.05) is 18.2 Å². The number of H-pyrrole nitrogens is 1. The van der Waals surface area contributed by atoms with E-state index in [0.29, 0.717) is 31.4 Å². The van der Waals surface area contributed by atoms with Crippen molar-refractivity contribution in [1.29, 1.82) is 5.26 Å². The number of anilines is 2. The second kappa shape index (κ2) is 11.0. The number of para-hydroxylation sites is 1.